The summed E-state index contributed by atoms with van der Waals surface area (Å²) in [7, 11) is 0. The molecule has 19 aromatic carbocycles. The molecule has 0 aliphatic heterocycles. The van der Waals surface area contributed by atoms with Crippen molar-refractivity contribution in [3.05, 3.63) is 364 Å². The average molecular weight is 1200 g/mol. The molecule has 0 amide bonds. The second kappa shape index (κ2) is 22.1. The molecule has 0 heterocycles. The van der Waals surface area contributed by atoms with Crippen LogP contribution in [0.1, 0.15) is 0 Å². The van der Waals surface area contributed by atoms with Crippen LogP contribution in [-0.2, 0) is 0 Å². The van der Waals surface area contributed by atoms with Crippen LogP contribution in [-0.4, -0.2) is 0 Å². The first kappa shape index (κ1) is 54.2. The molecule has 0 aliphatic rings. The van der Waals surface area contributed by atoms with Gasteiger partial charge in [0.05, 0.1) is 0 Å². The minimum absolute atomic E-state index is 0.957. The Morgan fingerprint density at radius 1 is 0.104 bits per heavy atom. The highest BCUT2D eigenvalue weighted by atomic mass is 14.1. The van der Waals surface area contributed by atoms with Crippen LogP contribution in [0.15, 0.2) is 291 Å². The Morgan fingerprint density at radius 2 is 0.198 bits per heavy atom. The van der Waals surface area contributed by atoms with E-state index in [4.69, 9.17) is 0 Å². The van der Waals surface area contributed by atoms with E-state index in [9.17, 15) is 0 Å². The van der Waals surface area contributed by atoms with Crippen molar-refractivity contribution in [2.24, 2.45) is 0 Å². The van der Waals surface area contributed by atoms with Crippen LogP contribution in [0, 0.1) is 72.8 Å². The van der Waals surface area contributed by atoms with E-state index >= 15 is 0 Å². The van der Waals surface area contributed by atoms with Gasteiger partial charge < -0.3 is 0 Å². The van der Waals surface area contributed by atoms with Crippen molar-refractivity contribution in [1.82, 2.24) is 0 Å². The lowest BCUT2D eigenvalue weighted by atomic mass is 9.99. The lowest BCUT2D eigenvalue weighted by molar-refractivity contribution is 1.80. The molecule has 0 fully saturated rings. The number of hydrogen-bond acceptors (Lipinski definition) is 0. The van der Waals surface area contributed by atoms with E-state index in [0.717, 1.165) is 194 Å². The lowest BCUT2D eigenvalue weighted by Gasteiger charge is -2.04. The van der Waals surface area contributed by atoms with Gasteiger partial charge in [-0.3, -0.25) is 0 Å². The van der Waals surface area contributed by atoms with E-state index in [-0.39, 0.29) is 0 Å². The molecule has 0 aromatic heterocycles. The molecule has 0 aliphatic carbocycles. The monoisotopic (exact) mass is 1200 g/mol. The van der Waals surface area contributed by atoms with E-state index in [1.807, 2.05) is 0 Å². The van der Waals surface area contributed by atoms with Crippen molar-refractivity contribution < 1.29 is 0 Å². The molecule has 19 rings (SSSR count). The normalized spacial score (nSPS) is 11.2. The molecule has 0 spiro atoms. The first-order valence-electron chi connectivity index (χ1n) is 32.4. The molecule has 96 heavy (non-hydrogen) atoms. The topological polar surface area (TPSA) is 0 Å². The van der Waals surface area contributed by atoms with Gasteiger partial charge in [-0.15, -0.1) is 0 Å². The number of hydrogen-bond donors (Lipinski definition) is 0. The molecule has 12 bridgehead atoms. The molecule has 0 heteroatoms. The summed E-state index contributed by atoms with van der Waals surface area (Å²) >= 11 is 0. The van der Waals surface area contributed by atoms with Gasteiger partial charge in [0.25, 0.3) is 0 Å². The van der Waals surface area contributed by atoms with E-state index < -0.39 is 0 Å². The maximum Gasteiger partial charge on any atom is 0.0327 e. The van der Waals surface area contributed by atoms with Gasteiger partial charge in [-0.2, -0.15) is 0 Å². The SMILES string of the molecule is c1c2cccc3cc4cccc(c#cc5cccc6cc7cccc(c#cc8cccc9cc%10cccc(c#cc%11cccc%12cc%13cccc(c#cc%14cccc%15cc%16cccc(c#cc%17cccc%18cc%19cccc(c#1)c%19cc%17%18)c%16cc%14%15)c%13cc%11%12)c%10cc89)c7cc56)c4cc23. The summed E-state index contributed by atoms with van der Waals surface area (Å²) in [6.45, 7) is 0. The zero-order chi connectivity index (χ0) is 63.2. The molecule has 19 aromatic rings. The molecular weight excluding hydrogens is 1150 g/mol. The third-order valence-electron chi connectivity index (χ3n) is 19.3. The van der Waals surface area contributed by atoms with Gasteiger partial charge in [0.15, 0.2) is 0 Å². The summed E-state index contributed by atoms with van der Waals surface area (Å²) in [5.41, 5.74) is 0. The van der Waals surface area contributed by atoms with Crippen molar-refractivity contribution in [1.29, 1.82) is 0 Å². The van der Waals surface area contributed by atoms with Gasteiger partial charge in [-0.25, -0.2) is 0 Å². The summed E-state index contributed by atoms with van der Waals surface area (Å²) in [6, 6.07) is 148. The Labute approximate surface area is 554 Å². The molecule has 432 valence electrons. The molecule has 0 atom stereocenters. The highest BCUT2D eigenvalue weighted by Crippen LogP contribution is 2.35. The Bertz CT molecular complexity index is 5470. The maximum atomic E-state index is 3.65. The number of rotatable bonds is 0. The van der Waals surface area contributed by atoms with Crippen molar-refractivity contribution in [2.45, 2.75) is 0 Å². The first-order chi connectivity index (χ1) is 47.5. The third kappa shape index (κ3) is 9.40. The lowest BCUT2D eigenvalue weighted by Crippen LogP contribution is -1.79. The standard InChI is InChI=1S/C96H48/c1-13-61-37-38-62-14-3-27-75-50-76-28-5-17-65(88(76)56-87(62)75)41-42-66-18-6-31-79-52-80-32-9-21-69(92(80)58-91(66)79)45-46-70-22-10-35-83-54-84-36-12-24-72(96(84)60-95(70)83)48-47-71-23-11-34-82-53-81-33-8-20-68(93(81)59-94(71)82)44-43-67-19-7-30-78-51-77-29-4-16-64(89(77)57-90(67)78)40-39-63-15-2-26-74-49-73(25-1)85(61)55-86(63)74/h1-36,49-60H. The van der Waals surface area contributed by atoms with Crippen LogP contribution in [0.3, 0.4) is 0 Å². The summed E-state index contributed by atoms with van der Waals surface area (Å²) in [5, 5.41) is 38.0. The Kier molecular flexibility index (Phi) is 12.5. The highest BCUT2D eigenvalue weighted by Gasteiger charge is 2.09. The summed E-state index contributed by atoms with van der Waals surface area (Å²) in [5.74, 6) is 0. The summed E-state index contributed by atoms with van der Waals surface area (Å²) in [6.07, 6.45) is 0. The third-order valence-corrected chi connectivity index (χ3v) is 19.3. The second-order valence-corrected chi connectivity index (χ2v) is 24.9. The van der Waals surface area contributed by atoms with E-state index in [2.05, 4.69) is 364 Å². The van der Waals surface area contributed by atoms with E-state index in [1.165, 1.54) is 0 Å². The number of benzene rings is 18. The van der Waals surface area contributed by atoms with Crippen LogP contribution in [0.4, 0.5) is 0 Å². The van der Waals surface area contributed by atoms with Crippen LogP contribution in [0.2, 0.25) is 0 Å². The molecular formula is C96H48. The smallest absolute Gasteiger partial charge is 0.0327 e. The quantitative estimate of drug-likeness (QED) is 0.133. The molecule has 0 unspecified atom stereocenters. The van der Waals surface area contributed by atoms with E-state index in [0.29, 0.717) is 0 Å². The predicted octanol–water partition coefficient (Wildman–Crippen LogP) is 25.1. The van der Waals surface area contributed by atoms with Gasteiger partial charge >= 0.3 is 0 Å². The molecule has 0 nitrogen and oxygen atoms in total. The largest absolute Gasteiger partial charge is 0.0610 e. The Hall–Kier alpha value is -13.6. The van der Waals surface area contributed by atoms with Crippen molar-refractivity contribution in [3.8, 4) is 0 Å². The van der Waals surface area contributed by atoms with Gasteiger partial charge in [-0.1, -0.05) is 218 Å². The minimum Gasteiger partial charge on any atom is -0.0610 e. The first-order valence-corrected chi connectivity index (χ1v) is 32.4. The fourth-order valence-corrected chi connectivity index (χ4v) is 14.4. The summed E-state index contributed by atoms with van der Waals surface area (Å²) < 4.78 is 0. The minimum atomic E-state index is 0.957. The molecule has 0 radical (unpaired) electrons. The van der Waals surface area contributed by atoms with Crippen LogP contribution < -0.4 is 0 Å². The summed E-state index contributed by atoms with van der Waals surface area (Å²) in [4.78, 5) is 0. The van der Waals surface area contributed by atoms with Crippen LogP contribution in [0.5, 0.6) is 0 Å². The highest BCUT2D eigenvalue weighted by molar-refractivity contribution is 6.16. The fraction of sp³-hybridized carbons (Fsp3) is 0. The van der Waals surface area contributed by atoms with Crippen molar-refractivity contribution in [2.75, 3.05) is 0 Å². The van der Waals surface area contributed by atoms with Gasteiger partial charge in [0.1, 0.15) is 0 Å². The zero-order valence-corrected chi connectivity index (χ0v) is 51.7. The van der Waals surface area contributed by atoms with Crippen molar-refractivity contribution >= 4 is 194 Å². The molecule has 0 saturated heterocycles. The van der Waals surface area contributed by atoms with Gasteiger partial charge in [0, 0.05) is 64.6 Å². The van der Waals surface area contributed by atoms with Crippen LogP contribution >= 0.6 is 0 Å². The van der Waals surface area contributed by atoms with Crippen LogP contribution in [0.25, 0.3) is 194 Å². The Balaban J connectivity index is 0.851. The zero-order valence-electron chi connectivity index (χ0n) is 51.7. The predicted molar refractivity (Wildman–Crippen MR) is 407 cm³/mol. The molecule has 0 saturated carbocycles. The fourth-order valence-electron chi connectivity index (χ4n) is 14.4. The Morgan fingerprint density at radius 3 is 0.292 bits per heavy atom. The molecule has 0 N–H and O–H groups in total. The average Bonchev–Trinajstić information content (AvgIpc) is 0.975. The maximum absolute atomic E-state index is 3.65. The van der Waals surface area contributed by atoms with Crippen molar-refractivity contribution in [3.63, 3.8) is 0 Å². The van der Waals surface area contributed by atoms with E-state index in [1.54, 1.807) is 0 Å². The van der Waals surface area contributed by atoms with Gasteiger partial charge in [-0.05, 0) is 275 Å². The van der Waals surface area contributed by atoms with Gasteiger partial charge in [0.2, 0.25) is 0 Å². The second-order valence-electron chi connectivity index (χ2n) is 24.9.